The van der Waals surface area contributed by atoms with E-state index in [0.29, 0.717) is 6.54 Å². The molecule has 3 nitrogen and oxygen atoms in total. The van der Waals surface area contributed by atoms with Crippen molar-refractivity contribution in [2.45, 2.75) is 31.4 Å². The molecule has 0 atom stereocenters. The molecule has 1 saturated carbocycles. The number of nitrogens with one attached hydrogen (secondary N) is 1. The van der Waals surface area contributed by atoms with E-state index in [1.54, 1.807) is 6.92 Å². The molecule has 18 heavy (non-hydrogen) atoms. The van der Waals surface area contributed by atoms with Gasteiger partial charge in [-0.3, -0.25) is 9.78 Å². The third-order valence-corrected chi connectivity index (χ3v) is 3.15. The van der Waals surface area contributed by atoms with Gasteiger partial charge in [0, 0.05) is 12.7 Å². The van der Waals surface area contributed by atoms with Gasteiger partial charge in [-0.2, -0.15) is 13.2 Å². The summed E-state index contributed by atoms with van der Waals surface area (Å²) >= 11 is 0. The number of hydrogen-bond acceptors (Lipinski definition) is 2. The van der Waals surface area contributed by atoms with Gasteiger partial charge in [0.15, 0.2) is 0 Å². The first-order valence-corrected chi connectivity index (χ1v) is 5.72. The maximum atomic E-state index is 12.8. The first kappa shape index (κ1) is 12.9. The van der Waals surface area contributed by atoms with Gasteiger partial charge in [-0.25, -0.2) is 0 Å². The Morgan fingerprint density at radius 2 is 2.11 bits per heavy atom. The van der Waals surface area contributed by atoms with Crippen molar-refractivity contribution >= 4 is 5.91 Å². The minimum atomic E-state index is -4.27. The zero-order chi connectivity index (χ0) is 13.4. The van der Waals surface area contributed by atoms with Crippen molar-refractivity contribution in [3.63, 3.8) is 0 Å². The Morgan fingerprint density at radius 1 is 1.44 bits per heavy atom. The second-order valence-electron chi connectivity index (χ2n) is 4.37. The molecule has 1 heterocycles. The summed E-state index contributed by atoms with van der Waals surface area (Å²) in [5.74, 6) is -0.326. The van der Waals surface area contributed by atoms with Crippen LogP contribution in [0, 0.1) is 0 Å². The van der Waals surface area contributed by atoms with E-state index in [9.17, 15) is 18.0 Å². The predicted octanol–water partition coefficient (Wildman–Crippen LogP) is 2.43. The Morgan fingerprint density at radius 3 is 2.50 bits per heavy atom. The molecule has 0 radical (unpaired) electrons. The number of halogens is 3. The van der Waals surface area contributed by atoms with Gasteiger partial charge in [-0.05, 0) is 31.9 Å². The van der Waals surface area contributed by atoms with Crippen LogP contribution < -0.4 is 5.32 Å². The highest BCUT2D eigenvalue weighted by molar-refractivity contribution is 5.93. The van der Waals surface area contributed by atoms with Crippen LogP contribution in [-0.4, -0.2) is 23.6 Å². The summed E-state index contributed by atoms with van der Waals surface area (Å²) in [6.45, 7) is 2.23. The normalized spacial score (nSPS) is 17.3. The van der Waals surface area contributed by atoms with E-state index in [2.05, 4.69) is 10.3 Å². The van der Waals surface area contributed by atoms with Gasteiger partial charge in [0.2, 0.25) is 0 Å². The number of amides is 1. The highest BCUT2D eigenvalue weighted by Gasteiger charge is 2.65. The number of nitrogens with zero attached hydrogens (tertiary/aromatic N) is 1. The zero-order valence-electron chi connectivity index (χ0n) is 9.84. The molecule has 1 aromatic rings. The van der Waals surface area contributed by atoms with Gasteiger partial charge in [0.1, 0.15) is 5.41 Å². The van der Waals surface area contributed by atoms with Gasteiger partial charge in [-0.15, -0.1) is 0 Å². The van der Waals surface area contributed by atoms with Crippen molar-refractivity contribution in [3.8, 4) is 0 Å². The van der Waals surface area contributed by atoms with E-state index in [0.717, 1.165) is 0 Å². The molecule has 6 heteroatoms. The monoisotopic (exact) mass is 258 g/mol. The van der Waals surface area contributed by atoms with Crippen LogP contribution in [0.4, 0.5) is 13.2 Å². The lowest BCUT2D eigenvalue weighted by atomic mass is 10.0. The molecule has 0 bridgehead atoms. The Hall–Kier alpha value is -1.59. The summed E-state index contributed by atoms with van der Waals surface area (Å²) in [5, 5.41) is 2.56. The molecule has 1 N–H and O–H groups in total. The van der Waals surface area contributed by atoms with Gasteiger partial charge < -0.3 is 5.32 Å². The number of rotatable bonds is 3. The molecule has 0 aliphatic heterocycles. The fourth-order valence-corrected chi connectivity index (χ4v) is 1.88. The topological polar surface area (TPSA) is 42.0 Å². The highest BCUT2D eigenvalue weighted by Crippen LogP contribution is 2.58. The Labute approximate surface area is 102 Å². The molecule has 1 amide bonds. The maximum absolute atomic E-state index is 12.8. The first-order valence-electron chi connectivity index (χ1n) is 5.72. The molecule has 1 aromatic heterocycles. The molecule has 0 unspecified atom stereocenters. The third-order valence-electron chi connectivity index (χ3n) is 3.15. The molecule has 0 saturated heterocycles. The number of alkyl halides is 3. The smallest absolute Gasteiger partial charge is 0.352 e. The summed E-state index contributed by atoms with van der Waals surface area (Å²) in [6.07, 6.45) is -2.92. The van der Waals surface area contributed by atoms with Crippen LogP contribution in [0.15, 0.2) is 18.3 Å². The molecular formula is C12H13F3N2O. The van der Waals surface area contributed by atoms with Gasteiger partial charge in [0.05, 0.1) is 11.3 Å². The van der Waals surface area contributed by atoms with Crippen LogP contribution in [0.25, 0.3) is 0 Å². The quantitative estimate of drug-likeness (QED) is 0.904. The molecule has 98 valence electrons. The lowest BCUT2D eigenvalue weighted by Gasteiger charge is -2.18. The average molecular weight is 258 g/mol. The molecule has 1 aliphatic rings. The standard InChI is InChI=1S/C12H13F3N2O/c1-2-16-10(18)8-3-4-9(17-7-8)11(5-6-11)12(13,14)15/h3-4,7H,2,5-6H2,1H3,(H,16,18). The lowest BCUT2D eigenvalue weighted by molar-refractivity contribution is -0.161. The summed E-state index contributed by atoms with van der Waals surface area (Å²) in [4.78, 5) is 15.2. The van der Waals surface area contributed by atoms with Crippen LogP contribution in [0.2, 0.25) is 0 Å². The molecule has 1 aliphatic carbocycles. The highest BCUT2D eigenvalue weighted by atomic mass is 19.4. The van der Waals surface area contributed by atoms with Crippen LogP contribution in [0.3, 0.4) is 0 Å². The van der Waals surface area contributed by atoms with E-state index in [1.807, 2.05) is 0 Å². The number of aromatic nitrogens is 1. The summed E-state index contributed by atoms with van der Waals surface area (Å²) < 4.78 is 38.5. The average Bonchev–Trinajstić information content (AvgIpc) is 3.10. The second-order valence-corrected chi connectivity index (χ2v) is 4.37. The van der Waals surface area contributed by atoms with E-state index < -0.39 is 11.6 Å². The minimum absolute atomic E-state index is 0.00282. The Kier molecular flexibility index (Phi) is 3.04. The molecule has 0 aromatic carbocycles. The number of hydrogen-bond donors (Lipinski definition) is 1. The van der Waals surface area contributed by atoms with E-state index in [-0.39, 0.29) is 30.0 Å². The predicted molar refractivity (Wildman–Crippen MR) is 59.2 cm³/mol. The van der Waals surface area contributed by atoms with Crippen molar-refractivity contribution in [1.29, 1.82) is 0 Å². The fourth-order valence-electron chi connectivity index (χ4n) is 1.88. The zero-order valence-corrected chi connectivity index (χ0v) is 9.84. The first-order chi connectivity index (χ1) is 8.40. The van der Waals surface area contributed by atoms with Crippen LogP contribution in [-0.2, 0) is 5.41 Å². The Balaban J connectivity index is 2.21. The van der Waals surface area contributed by atoms with Crippen LogP contribution in [0.1, 0.15) is 35.8 Å². The molecular weight excluding hydrogens is 245 g/mol. The minimum Gasteiger partial charge on any atom is -0.352 e. The van der Waals surface area contributed by atoms with Crippen molar-refractivity contribution < 1.29 is 18.0 Å². The lowest BCUT2D eigenvalue weighted by Crippen LogP contribution is -2.30. The van der Waals surface area contributed by atoms with Gasteiger partial charge >= 0.3 is 6.18 Å². The van der Waals surface area contributed by atoms with Gasteiger partial charge in [-0.1, -0.05) is 0 Å². The van der Waals surface area contributed by atoms with Crippen LogP contribution >= 0.6 is 0 Å². The second kappa shape index (κ2) is 4.26. The summed E-state index contributed by atoms with van der Waals surface area (Å²) in [6, 6.07) is 2.68. The molecule has 1 fully saturated rings. The number of pyridine rings is 1. The van der Waals surface area contributed by atoms with E-state index >= 15 is 0 Å². The van der Waals surface area contributed by atoms with Crippen molar-refractivity contribution in [1.82, 2.24) is 10.3 Å². The van der Waals surface area contributed by atoms with E-state index in [4.69, 9.17) is 0 Å². The van der Waals surface area contributed by atoms with Crippen molar-refractivity contribution in [2.75, 3.05) is 6.54 Å². The molecule has 0 spiro atoms. The SMILES string of the molecule is CCNC(=O)c1ccc(C2(C(F)(F)F)CC2)nc1. The fraction of sp³-hybridized carbons (Fsp3) is 0.500. The Bertz CT molecular complexity index is 449. The van der Waals surface area contributed by atoms with Crippen LogP contribution in [0.5, 0.6) is 0 Å². The largest absolute Gasteiger partial charge is 0.399 e. The number of carbonyl (C=O) groups is 1. The van der Waals surface area contributed by atoms with Gasteiger partial charge in [0.25, 0.3) is 5.91 Å². The summed E-state index contributed by atoms with van der Waals surface area (Å²) in [5.41, 5.74) is -1.51. The summed E-state index contributed by atoms with van der Waals surface area (Å²) in [7, 11) is 0. The van der Waals surface area contributed by atoms with Crippen molar-refractivity contribution in [3.05, 3.63) is 29.6 Å². The van der Waals surface area contributed by atoms with Crippen molar-refractivity contribution in [2.24, 2.45) is 0 Å². The third kappa shape index (κ3) is 2.07. The molecule has 2 rings (SSSR count). The number of carbonyl (C=O) groups excluding carboxylic acids is 1. The maximum Gasteiger partial charge on any atom is 0.399 e. The van der Waals surface area contributed by atoms with E-state index in [1.165, 1.54) is 18.3 Å².